The molecule has 2 fully saturated rings. The average molecular weight is 239 g/mol. The minimum absolute atomic E-state index is 0.0986. The van der Waals surface area contributed by atoms with Crippen LogP contribution in [0.1, 0.15) is 46.0 Å². The van der Waals surface area contributed by atoms with Gasteiger partial charge in [0.25, 0.3) is 0 Å². The predicted octanol–water partition coefficient (Wildman–Crippen LogP) is 2.15. The first kappa shape index (κ1) is 13.0. The summed E-state index contributed by atoms with van der Waals surface area (Å²) in [6, 6.07) is 0. The number of nitrogens with one attached hydrogen (secondary N) is 1. The van der Waals surface area contributed by atoms with Gasteiger partial charge in [0.2, 0.25) is 0 Å². The first-order valence-electron chi connectivity index (χ1n) is 7.01. The zero-order valence-electron chi connectivity index (χ0n) is 11.1. The molecular formula is C14H25NO2. The second kappa shape index (κ2) is 5.49. The summed E-state index contributed by atoms with van der Waals surface area (Å²) in [5.74, 6) is 0.891. The molecule has 0 amide bonds. The van der Waals surface area contributed by atoms with E-state index in [9.17, 15) is 4.79 Å². The van der Waals surface area contributed by atoms with Gasteiger partial charge in [-0.1, -0.05) is 13.8 Å². The monoisotopic (exact) mass is 239 g/mol. The second-order valence-corrected chi connectivity index (χ2v) is 5.83. The van der Waals surface area contributed by atoms with Crippen LogP contribution in [0.2, 0.25) is 0 Å². The molecule has 3 heteroatoms. The number of rotatable bonds is 5. The third-order valence-electron chi connectivity index (χ3n) is 4.57. The summed E-state index contributed by atoms with van der Waals surface area (Å²) in [6.07, 6.45) is 5.28. The van der Waals surface area contributed by atoms with Crippen LogP contribution in [-0.2, 0) is 9.53 Å². The largest absolute Gasteiger partial charge is 0.378 e. The Labute approximate surface area is 104 Å². The van der Waals surface area contributed by atoms with Gasteiger partial charge in [-0.15, -0.1) is 0 Å². The maximum absolute atomic E-state index is 12.5. The molecule has 2 aliphatic rings. The van der Waals surface area contributed by atoms with Gasteiger partial charge in [-0.05, 0) is 38.1 Å². The molecule has 0 aromatic carbocycles. The van der Waals surface area contributed by atoms with E-state index in [4.69, 9.17) is 4.74 Å². The fourth-order valence-corrected chi connectivity index (χ4v) is 3.18. The number of ether oxygens (including phenoxy) is 1. The Kier molecular flexibility index (Phi) is 4.21. The van der Waals surface area contributed by atoms with E-state index in [-0.39, 0.29) is 5.41 Å². The molecule has 0 saturated carbocycles. The summed E-state index contributed by atoms with van der Waals surface area (Å²) in [4.78, 5) is 12.5. The molecule has 2 rings (SSSR count). The van der Waals surface area contributed by atoms with Crippen LogP contribution in [-0.4, -0.2) is 31.6 Å². The van der Waals surface area contributed by atoms with Gasteiger partial charge in [0.15, 0.2) is 0 Å². The number of carbonyl (C=O) groups is 1. The minimum atomic E-state index is -0.0986. The van der Waals surface area contributed by atoms with Gasteiger partial charge in [0.1, 0.15) is 5.78 Å². The standard InChI is InChI=1S/C14H25NO2/c1-11(2)14(7-8-15-10-14)13(16)6-5-12-4-3-9-17-12/h11-12,15H,3-10H2,1-2H3. The zero-order valence-corrected chi connectivity index (χ0v) is 11.1. The number of carbonyl (C=O) groups excluding carboxylic acids is 1. The predicted molar refractivity (Wildman–Crippen MR) is 68.0 cm³/mol. The molecule has 2 saturated heterocycles. The molecule has 3 nitrogen and oxygen atoms in total. The molecule has 98 valence electrons. The Hall–Kier alpha value is -0.410. The van der Waals surface area contributed by atoms with Crippen molar-refractivity contribution < 1.29 is 9.53 Å². The lowest BCUT2D eigenvalue weighted by molar-refractivity contribution is -0.130. The van der Waals surface area contributed by atoms with E-state index in [1.54, 1.807) is 0 Å². The van der Waals surface area contributed by atoms with Crippen molar-refractivity contribution in [3.63, 3.8) is 0 Å². The third kappa shape index (κ3) is 2.71. The first-order valence-corrected chi connectivity index (χ1v) is 7.01. The Morgan fingerprint density at radius 3 is 2.88 bits per heavy atom. The van der Waals surface area contributed by atoms with Crippen LogP contribution in [0.25, 0.3) is 0 Å². The molecule has 0 bridgehead atoms. The second-order valence-electron chi connectivity index (χ2n) is 5.83. The number of hydrogen-bond donors (Lipinski definition) is 1. The molecule has 0 aliphatic carbocycles. The minimum Gasteiger partial charge on any atom is -0.378 e. The third-order valence-corrected chi connectivity index (χ3v) is 4.57. The summed E-state index contributed by atoms with van der Waals surface area (Å²) < 4.78 is 5.59. The van der Waals surface area contributed by atoms with Crippen LogP contribution in [0.3, 0.4) is 0 Å². The van der Waals surface area contributed by atoms with E-state index in [0.29, 0.717) is 24.2 Å². The zero-order chi connectivity index (χ0) is 12.3. The molecular weight excluding hydrogens is 214 g/mol. The van der Waals surface area contributed by atoms with Gasteiger partial charge in [-0.3, -0.25) is 4.79 Å². The van der Waals surface area contributed by atoms with Crippen LogP contribution in [0, 0.1) is 11.3 Å². The van der Waals surface area contributed by atoms with Crippen molar-refractivity contribution in [3.05, 3.63) is 0 Å². The van der Waals surface area contributed by atoms with Crippen molar-refractivity contribution in [2.24, 2.45) is 11.3 Å². The molecule has 0 spiro atoms. The van der Waals surface area contributed by atoms with Gasteiger partial charge in [-0.2, -0.15) is 0 Å². The summed E-state index contributed by atoms with van der Waals surface area (Å²) >= 11 is 0. The normalized spacial score (nSPS) is 33.5. The van der Waals surface area contributed by atoms with Crippen LogP contribution in [0.4, 0.5) is 0 Å². The van der Waals surface area contributed by atoms with Crippen LogP contribution in [0.15, 0.2) is 0 Å². The molecule has 2 heterocycles. The van der Waals surface area contributed by atoms with Gasteiger partial charge in [0.05, 0.1) is 6.10 Å². The maximum Gasteiger partial charge on any atom is 0.140 e. The molecule has 17 heavy (non-hydrogen) atoms. The Bertz CT molecular complexity index is 263. The highest BCUT2D eigenvalue weighted by molar-refractivity contribution is 5.85. The molecule has 0 aromatic heterocycles. The van der Waals surface area contributed by atoms with Crippen molar-refractivity contribution in [1.29, 1.82) is 0 Å². The molecule has 2 aliphatic heterocycles. The Morgan fingerprint density at radius 2 is 2.35 bits per heavy atom. The quantitative estimate of drug-likeness (QED) is 0.799. The lowest BCUT2D eigenvalue weighted by Gasteiger charge is -2.31. The molecule has 1 N–H and O–H groups in total. The SMILES string of the molecule is CC(C)C1(C(=O)CCC2CCCO2)CCNC1. The summed E-state index contributed by atoms with van der Waals surface area (Å²) in [5, 5.41) is 3.35. The highest BCUT2D eigenvalue weighted by atomic mass is 16.5. The van der Waals surface area contributed by atoms with Gasteiger partial charge < -0.3 is 10.1 Å². The van der Waals surface area contributed by atoms with Gasteiger partial charge >= 0.3 is 0 Å². The van der Waals surface area contributed by atoms with E-state index in [1.807, 2.05) is 0 Å². The lowest BCUT2D eigenvalue weighted by Crippen LogP contribution is -2.38. The van der Waals surface area contributed by atoms with Crippen molar-refractivity contribution in [2.75, 3.05) is 19.7 Å². The van der Waals surface area contributed by atoms with Crippen LogP contribution < -0.4 is 5.32 Å². The summed E-state index contributed by atoms with van der Waals surface area (Å²) in [5.41, 5.74) is -0.0986. The highest BCUT2D eigenvalue weighted by Gasteiger charge is 2.43. The molecule has 2 atom stereocenters. The van der Waals surface area contributed by atoms with Crippen molar-refractivity contribution in [1.82, 2.24) is 5.32 Å². The molecule has 0 radical (unpaired) electrons. The van der Waals surface area contributed by atoms with E-state index in [2.05, 4.69) is 19.2 Å². The fraction of sp³-hybridized carbons (Fsp3) is 0.929. The maximum atomic E-state index is 12.5. The summed E-state index contributed by atoms with van der Waals surface area (Å²) in [6.45, 7) is 7.10. The molecule has 2 unspecified atom stereocenters. The molecule has 0 aromatic rings. The number of ketones is 1. The van der Waals surface area contributed by atoms with Crippen molar-refractivity contribution in [2.45, 2.75) is 52.1 Å². The van der Waals surface area contributed by atoms with E-state index >= 15 is 0 Å². The van der Waals surface area contributed by atoms with Crippen LogP contribution >= 0.6 is 0 Å². The smallest absolute Gasteiger partial charge is 0.140 e. The Morgan fingerprint density at radius 1 is 1.53 bits per heavy atom. The lowest BCUT2D eigenvalue weighted by atomic mass is 9.71. The van der Waals surface area contributed by atoms with E-state index in [0.717, 1.165) is 45.4 Å². The fourth-order valence-electron chi connectivity index (χ4n) is 3.18. The average Bonchev–Trinajstić information content (AvgIpc) is 2.97. The topological polar surface area (TPSA) is 38.3 Å². The highest BCUT2D eigenvalue weighted by Crippen LogP contribution is 2.37. The van der Waals surface area contributed by atoms with Gasteiger partial charge in [0, 0.05) is 25.0 Å². The van der Waals surface area contributed by atoms with Gasteiger partial charge in [-0.25, -0.2) is 0 Å². The number of Topliss-reactive ketones (excluding diaryl/α,β-unsaturated/α-hetero) is 1. The van der Waals surface area contributed by atoms with Crippen LogP contribution in [0.5, 0.6) is 0 Å². The van der Waals surface area contributed by atoms with Crippen molar-refractivity contribution in [3.8, 4) is 0 Å². The Balaban J connectivity index is 1.88. The number of hydrogen-bond acceptors (Lipinski definition) is 3. The first-order chi connectivity index (χ1) is 8.15. The van der Waals surface area contributed by atoms with Crippen molar-refractivity contribution >= 4 is 5.78 Å². The summed E-state index contributed by atoms with van der Waals surface area (Å²) in [7, 11) is 0. The van der Waals surface area contributed by atoms with E-state index in [1.165, 1.54) is 0 Å². The van der Waals surface area contributed by atoms with E-state index < -0.39 is 0 Å².